The summed E-state index contributed by atoms with van der Waals surface area (Å²) in [5.41, 5.74) is 0. The zero-order chi connectivity index (χ0) is 5.78. The topological polar surface area (TPSA) is 6.48 Å². The molecule has 3 aliphatic rings. The van der Waals surface area contributed by atoms with E-state index in [1.54, 1.807) is 0 Å². The molecule has 1 saturated heterocycles. The van der Waals surface area contributed by atoms with E-state index in [0.29, 0.717) is 0 Å². The summed E-state index contributed by atoms with van der Waals surface area (Å²) < 4.78 is 4.84. The minimum absolute atomic E-state index is 0.715. The molecule has 49 valence electrons. The third kappa shape index (κ3) is 0.316. The van der Waals surface area contributed by atoms with Gasteiger partial charge >= 0.3 is 51.7 Å². The van der Waals surface area contributed by atoms with Crippen LogP contribution < -0.4 is 0 Å². The Kier molecular flexibility index (Phi) is 0.624. The van der Waals surface area contributed by atoms with Crippen molar-refractivity contribution in [1.82, 2.24) is 7.90 Å². The molecule has 2 bridgehead atoms. The van der Waals surface area contributed by atoms with Crippen LogP contribution in [0, 0.1) is 0 Å². The van der Waals surface area contributed by atoms with E-state index < -0.39 is 13.0 Å². The molecule has 0 unspecified atom stereocenters. The van der Waals surface area contributed by atoms with Crippen molar-refractivity contribution in [3.05, 3.63) is 12.4 Å². The van der Waals surface area contributed by atoms with Crippen molar-refractivity contribution in [2.24, 2.45) is 0 Å². The number of rotatable bonds is 0. The molecule has 3 heterocycles. The summed E-state index contributed by atoms with van der Waals surface area (Å²) in [6.07, 6.45) is 4.38. The van der Waals surface area contributed by atoms with Gasteiger partial charge in [-0.1, -0.05) is 0 Å². The average molecular weight is 157 g/mol. The van der Waals surface area contributed by atoms with E-state index in [4.69, 9.17) is 0 Å². The van der Waals surface area contributed by atoms with Gasteiger partial charge in [-0.05, 0) is 0 Å². The Balaban J connectivity index is 2.30. The molecule has 0 amide bonds. The monoisotopic (exact) mass is 157 g/mol. The summed E-state index contributed by atoms with van der Waals surface area (Å²) in [4.78, 5) is 0. The predicted molar refractivity (Wildman–Crippen MR) is 29.4 cm³/mol. The second kappa shape index (κ2) is 1.06. The maximum absolute atomic E-state index is 2.42. The van der Waals surface area contributed by atoms with Crippen molar-refractivity contribution in [3.8, 4) is 0 Å². The van der Waals surface area contributed by atoms with Crippen LogP contribution in [0.3, 0.4) is 0 Å². The molecule has 3 aliphatic heterocycles. The molecule has 3 heteroatoms. The Morgan fingerprint density at radius 2 is 1.75 bits per heavy atom. The fourth-order valence-corrected chi connectivity index (χ4v) is 2.93. The molecule has 0 spiro atoms. The van der Waals surface area contributed by atoms with E-state index in [1.807, 2.05) is 0 Å². The van der Waals surface area contributed by atoms with Crippen molar-refractivity contribution >= 4 is 0 Å². The van der Waals surface area contributed by atoms with Crippen LogP contribution in [0.5, 0.6) is 0 Å². The second-order valence-corrected chi connectivity index (χ2v) is 6.49. The molecule has 3 rings (SSSR count). The summed E-state index contributed by atoms with van der Waals surface area (Å²) in [6, 6.07) is 0. The van der Waals surface area contributed by atoms with Crippen LogP contribution in [0.4, 0.5) is 0 Å². The van der Waals surface area contributed by atoms with E-state index in [1.165, 1.54) is 0 Å². The number of hydrogen-bond acceptors (Lipinski definition) is 2. The van der Waals surface area contributed by atoms with Gasteiger partial charge in [0.25, 0.3) is 0 Å². The van der Waals surface area contributed by atoms with Gasteiger partial charge in [0.1, 0.15) is 0 Å². The number of hydrogen-bond donors (Lipinski definition) is 0. The van der Waals surface area contributed by atoms with E-state index in [9.17, 15) is 0 Å². The molecule has 0 radical (unpaired) electrons. The molecule has 2 nitrogen and oxygen atoms in total. The molecule has 0 saturated carbocycles. The first kappa shape index (κ1) is 4.70. The molecule has 0 aromatic carbocycles. The van der Waals surface area contributed by atoms with Gasteiger partial charge in [-0.2, -0.15) is 0 Å². The fraction of sp³-hybridized carbons (Fsp3) is 0.600. The van der Waals surface area contributed by atoms with Crippen LogP contribution in [0.2, 0.25) is 11.7 Å². The van der Waals surface area contributed by atoms with Crippen LogP contribution in [0.1, 0.15) is 0 Å². The van der Waals surface area contributed by atoms with E-state index in [0.717, 1.165) is 6.67 Å². The van der Waals surface area contributed by atoms with Gasteiger partial charge in [0.2, 0.25) is 0 Å². The van der Waals surface area contributed by atoms with Gasteiger partial charge < -0.3 is 0 Å². The Hall–Kier alpha value is -0.154. The van der Waals surface area contributed by atoms with Crippen LogP contribution in [0.25, 0.3) is 0 Å². The van der Waals surface area contributed by atoms with Gasteiger partial charge in [-0.3, -0.25) is 0 Å². The first-order chi connectivity index (χ1) is 3.71. The van der Waals surface area contributed by atoms with Crippen LogP contribution in [0.15, 0.2) is 12.4 Å². The van der Waals surface area contributed by atoms with E-state index in [-0.39, 0.29) is 0 Å². The van der Waals surface area contributed by atoms with Crippen LogP contribution >= 0.6 is 0 Å². The average Bonchev–Trinajstić information content (AvgIpc) is 2.18. The van der Waals surface area contributed by atoms with Crippen molar-refractivity contribution in [2.45, 2.75) is 11.7 Å². The van der Waals surface area contributed by atoms with Gasteiger partial charge in [0, 0.05) is 0 Å². The zero-order valence-electron chi connectivity index (χ0n) is 5.09. The van der Waals surface area contributed by atoms with Crippen molar-refractivity contribution in [1.29, 1.82) is 0 Å². The Labute approximate surface area is 52.3 Å². The van der Waals surface area contributed by atoms with E-state index in [2.05, 4.69) is 32.0 Å². The third-order valence-electron chi connectivity index (χ3n) is 1.57. The summed E-state index contributed by atoms with van der Waals surface area (Å²) in [6.45, 7) is 1.15. The minimum atomic E-state index is -0.715. The Morgan fingerprint density at radius 1 is 1.25 bits per heavy atom. The van der Waals surface area contributed by atoms with Crippen LogP contribution in [-0.4, -0.2) is 14.6 Å². The van der Waals surface area contributed by atoms with E-state index >= 15 is 0 Å². The molecule has 0 N–H and O–H groups in total. The fourth-order valence-electron chi connectivity index (χ4n) is 0.890. The summed E-state index contributed by atoms with van der Waals surface area (Å²) in [7, 11) is 0. The molecule has 8 heavy (non-hydrogen) atoms. The van der Waals surface area contributed by atoms with Gasteiger partial charge in [-0.25, -0.2) is 0 Å². The summed E-state index contributed by atoms with van der Waals surface area (Å²) in [5.74, 6) is 4.66. The Morgan fingerprint density at radius 3 is 1.88 bits per heavy atom. The second-order valence-electron chi connectivity index (χ2n) is 2.18. The molecule has 0 atom stereocenters. The molecular weight excluding hydrogens is 147 g/mol. The van der Waals surface area contributed by atoms with Gasteiger partial charge in [-0.15, -0.1) is 0 Å². The Bertz CT molecular complexity index is 139. The quantitative estimate of drug-likeness (QED) is 0.520. The molecule has 1 fully saturated rings. The predicted octanol–water partition coefficient (Wildman–Crippen LogP) is 1.13. The summed E-state index contributed by atoms with van der Waals surface area (Å²) in [5, 5.41) is 0. The van der Waals surface area contributed by atoms with Gasteiger partial charge in [0.05, 0.1) is 0 Å². The normalized spacial score (nSPS) is 32.8. The third-order valence-corrected chi connectivity index (χ3v) is 5.10. The standard InChI is InChI=1S/C3H4N2.2CH3.Co/c1-2-5-3-4-1;;;/h1-2H,3H2;2*1H3;/q-2;;;+2. The first-order valence-electron chi connectivity index (χ1n) is 2.45. The van der Waals surface area contributed by atoms with Crippen molar-refractivity contribution in [3.63, 3.8) is 0 Å². The molecule has 0 aliphatic carbocycles. The van der Waals surface area contributed by atoms with Crippen molar-refractivity contribution in [2.75, 3.05) is 6.67 Å². The first-order valence-corrected chi connectivity index (χ1v) is 5.46. The maximum atomic E-state index is 2.42. The summed E-state index contributed by atoms with van der Waals surface area (Å²) >= 11 is -0.715. The SMILES string of the molecule is [CH3][Co]1([CH3])[N]2C=C[N]1C2. The zero-order valence-corrected chi connectivity index (χ0v) is 6.13. The molecule has 0 aromatic heterocycles. The van der Waals surface area contributed by atoms with Crippen LogP contribution in [-0.2, 0) is 13.0 Å². The van der Waals surface area contributed by atoms with Gasteiger partial charge in [0.15, 0.2) is 0 Å². The molecular formula is C5H10CoN2. The van der Waals surface area contributed by atoms with Crippen molar-refractivity contribution < 1.29 is 13.0 Å². The molecule has 0 aromatic rings. The number of nitrogens with zero attached hydrogens (tertiary/aromatic N) is 2.